The maximum Gasteiger partial charge on any atom is 0.340 e. The van der Waals surface area contributed by atoms with Gasteiger partial charge in [0.25, 0.3) is 0 Å². The predicted octanol–water partition coefficient (Wildman–Crippen LogP) is 3.78. The molecule has 0 saturated carbocycles. The van der Waals surface area contributed by atoms with Crippen LogP contribution in [0.3, 0.4) is 0 Å². The van der Waals surface area contributed by atoms with Crippen molar-refractivity contribution in [2.75, 3.05) is 7.11 Å². The maximum absolute atomic E-state index is 13.0. The number of fused-ring (bicyclic) bond motifs is 3. The SMILES string of the molecule is COC(=O)C1=C(N)Oc2c(c(=O)sc3ccccc23)[C@@H]1c1ccc(Cl)cc1. The molecule has 0 amide bonds. The number of hydrogen-bond donors (Lipinski definition) is 1. The first-order valence-electron chi connectivity index (χ1n) is 8.08. The first-order valence-corrected chi connectivity index (χ1v) is 9.27. The fourth-order valence-electron chi connectivity index (χ4n) is 3.26. The molecule has 0 fully saturated rings. The lowest BCUT2D eigenvalue weighted by atomic mass is 9.83. The van der Waals surface area contributed by atoms with Crippen molar-refractivity contribution in [3.63, 3.8) is 0 Å². The van der Waals surface area contributed by atoms with E-state index in [2.05, 4.69) is 0 Å². The van der Waals surface area contributed by atoms with Crippen LogP contribution in [0.15, 0.2) is 64.8 Å². The minimum atomic E-state index is -0.702. The van der Waals surface area contributed by atoms with Crippen LogP contribution in [-0.4, -0.2) is 13.1 Å². The van der Waals surface area contributed by atoms with Crippen molar-refractivity contribution in [2.24, 2.45) is 5.73 Å². The molecule has 0 unspecified atom stereocenters. The third-order valence-corrected chi connectivity index (χ3v) is 5.70. The van der Waals surface area contributed by atoms with Crippen LogP contribution in [0, 0.1) is 0 Å². The van der Waals surface area contributed by atoms with Gasteiger partial charge >= 0.3 is 5.97 Å². The highest BCUT2D eigenvalue weighted by Gasteiger charge is 2.38. The van der Waals surface area contributed by atoms with Crippen LogP contribution in [0.5, 0.6) is 5.75 Å². The van der Waals surface area contributed by atoms with Gasteiger partial charge in [0.2, 0.25) is 10.6 Å². The normalized spacial score (nSPS) is 16.0. The van der Waals surface area contributed by atoms with Crippen LogP contribution < -0.4 is 15.2 Å². The van der Waals surface area contributed by atoms with Gasteiger partial charge in [0, 0.05) is 15.1 Å². The molecular formula is C20H14ClNO4S. The third-order valence-electron chi connectivity index (χ3n) is 4.46. The topological polar surface area (TPSA) is 78.6 Å². The van der Waals surface area contributed by atoms with E-state index in [0.717, 1.165) is 21.4 Å². The molecule has 7 heteroatoms. The molecule has 0 bridgehead atoms. The second-order valence-electron chi connectivity index (χ2n) is 5.98. The number of nitrogens with two attached hydrogens (primary N) is 1. The lowest BCUT2D eigenvalue weighted by Gasteiger charge is -2.28. The number of esters is 1. The number of benzene rings is 2. The smallest absolute Gasteiger partial charge is 0.340 e. The first kappa shape index (κ1) is 17.6. The molecule has 1 aliphatic heterocycles. The van der Waals surface area contributed by atoms with Crippen molar-refractivity contribution in [1.82, 2.24) is 0 Å². The van der Waals surface area contributed by atoms with Gasteiger partial charge in [0.1, 0.15) is 11.3 Å². The molecule has 0 aliphatic carbocycles. The van der Waals surface area contributed by atoms with Gasteiger partial charge in [-0.3, -0.25) is 4.79 Å². The second kappa shape index (κ2) is 6.72. The van der Waals surface area contributed by atoms with E-state index in [1.54, 1.807) is 24.3 Å². The Morgan fingerprint density at radius 2 is 1.89 bits per heavy atom. The molecule has 2 heterocycles. The summed E-state index contributed by atoms with van der Waals surface area (Å²) in [5.74, 6) is -1.04. The van der Waals surface area contributed by atoms with Gasteiger partial charge in [-0.2, -0.15) is 0 Å². The summed E-state index contributed by atoms with van der Waals surface area (Å²) in [5, 5.41) is 1.31. The molecule has 2 aromatic carbocycles. The Kier molecular flexibility index (Phi) is 4.37. The minimum absolute atomic E-state index is 0.0740. The van der Waals surface area contributed by atoms with Crippen LogP contribution >= 0.6 is 22.9 Å². The molecule has 27 heavy (non-hydrogen) atoms. The van der Waals surface area contributed by atoms with Gasteiger partial charge in [0.05, 0.1) is 18.6 Å². The van der Waals surface area contributed by atoms with Crippen LogP contribution in [-0.2, 0) is 9.53 Å². The second-order valence-corrected chi connectivity index (χ2v) is 7.44. The predicted molar refractivity (Wildman–Crippen MR) is 105 cm³/mol. The van der Waals surface area contributed by atoms with E-state index in [4.69, 9.17) is 26.8 Å². The number of methoxy groups -OCH3 is 1. The van der Waals surface area contributed by atoms with Crippen LogP contribution in [0.25, 0.3) is 10.1 Å². The molecule has 0 radical (unpaired) electrons. The van der Waals surface area contributed by atoms with E-state index in [9.17, 15) is 9.59 Å². The summed E-state index contributed by atoms with van der Waals surface area (Å²) in [6, 6.07) is 14.3. The van der Waals surface area contributed by atoms with Crippen LogP contribution in [0.4, 0.5) is 0 Å². The summed E-state index contributed by atoms with van der Waals surface area (Å²) in [5.41, 5.74) is 7.28. The van der Waals surface area contributed by atoms with E-state index in [-0.39, 0.29) is 16.2 Å². The maximum atomic E-state index is 13.0. The Morgan fingerprint density at radius 1 is 1.19 bits per heavy atom. The number of ether oxygens (including phenoxy) is 2. The molecule has 5 nitrogen and oxygen atoms in total. The summed E-state index contributed by atoms with van der Waals surface area (Å²) in [4.78, 5) is 25.4. The van der Waals surface area contributed by atoms with E-state index < -0.39 is 11.9 Å². The average molecular weight is 400 g/mol. The molecule has 1 atom stereocenters. The summed E-state index contributed by atoms with van der Waals surface area (Å²) in [7, 11) is 1.26. The molecule has 0 spiro atoms. The van der Waals surface area contributed by atoms with E-state index in [1.165, 1.54) is 7.11 Å². The number of halogens is 1. The quantitative estimate of drug-likeness (QED) is 0.663. The fraction of sp³-hybridized carbons (Fsp3) is 0.100. The van der Waals surface area contributed by atoms with Gasteiger partial charge in [-0.15, -0.1) is 0 Å². The lowest BCUT2D eigenvalue weighted by Crippen LogP contribution is -2.30. The van der Waals surface area contributed by atoms with Crippen molar-refractivity contribution in [3.05, 3.63) is 85.7 Å². The third kappa shape index (κ3) is 2.87. The molecule has 4 rings (SSSR count). The largest absolute Gasteiger partial charge is 0.465 e. The highest BCUT2D eigenvalue weighted by molar-refractivity contribution is 7.16. The van der Waals surface area contributed by atoms with Gasteiger partial charge in [-0.1, -0.05) is 47.2 Å². The molecule has 2 N–H and O–H groups in total. The highest BCUT2D eigenvalue weighted by Crippen LogP contribution is 2.44. The molecule has 1 aliphatic rings. The van der Waals surface area contributed by atoms with Gasteiger partial charge in [0.15, 0.2) is 0 Å². The Balaban J connectivity index is 2.07. The zero-order valence-corrected chi connectivity index (χ0v) is 15.8. The average Bonchev–Trinajstić information content (AvgIpc) is 2.67. The molecule has 3 aromatic rings. The standard InChI is InChI=1S/C20H14ClNO4S/c1-25-19(23)16-14(10-6-8-11(21)9-7-10)15-17(26-18(16)22)12-4-2-3-5-13(12)27-20(15)24/h2-9,14H,22H2,1H3/t14-/m0/s1. The van der Waals surface area contributed by atoms with Gasteiger partial charge in [-0.25, -0.2) is 4.79 Å². The highest BCUT2D eigenvalue weighted by atomic mass is 35.5. The van der Waals surface area contributed by atoms with Crippen molar-refractivity contribution in [3.8, 4) is 5.75 Å². The molecule has 1 aromatic heterocycles. The lowest BCUT2D eigenvalue weighted by molar-refractivity contribution is -0.136. The molecule has 0 saturated heterocycles. The Morgan fingerprint density at radius 3 is 2.59 bits per heavy atom. The van der Waals surface area contributed by atoms with Crippen molar-refractivity contribution < 1.29 is 14.3 Å². The van der Waals surface area contributed by atoms with E-state index in [0.29, 0.717) is 21.9 Å². The number of hydrogen-bond acceptors (Lipinski definition) is 6. The summed E-state index contributed by atoms with van der Waals surface area (Å²) in [6.45, 7) is 0. The Labute approximate surface area is 163 Å². The summed E-state index contributed by atoms with van der Waals surface area (Å²) in [6.07, 6.45) is 0. The number of carbonyl (C=O) groups excluding carboxylic acids is 1. The van der Waals surface area contributed by atoms with E-state index >= 15 is 0 Å². The minimum Gasteiger partial charge on any atom is -0.465 e. The Hall–Kier alpha value is -2.83. The number of carbonyl (C=O) groups is 1. The van der Waals surface area contributed by atoms with Crippen molar-refractivity contribution in [2.45, 2.75) is 5.92 Å². The van der Waals surface area contributed by atoms with Gasteiger partial charge in [-0.05, 0) is 29.8 Å². The van der Waals surface area contributed by atoms with Crippen LogP contribution in [0.2, 0.25) is 5.02 Å². The molecule has 136 valence electrons. The van der Waals surface area contributed by atoms with Crippen molar-refractivity contribution in [1.29, 1.82) is 0 Å². The monoisotopic (exact) mass is 399 g/mol. The van der Waals surface area contributed by atoms with Gasteiger partial charge < -0.3 is 15.2 Å². The first-order chi connectivity index (χ1) is 13.0. The zero-order chi connectivity index (χ0) is 19.1. The fourth-order valence-corrected chi connectivity index (χ4v) is 4.33. The van der Waals surface area contributed by atoms with Crippen molar-refractivity contribution >= 4 is 39.0 Å². The summed E-state index contributed by atoms with van der Waals surface area (Å²) < 4.78 is 11.3. The zero-order valence-electron chi connectivity index (χ0n) is 14.2. The number of rotatable bonds is 2. The molecular weight excluding hydrogens is 386 g/mol. The van der Waals surface area contributed by atoms with E-state index in [1.807, 2.05) is 24.3 Å². The van der Waals surface area contributed by atoms with Crippen LogP contribution in [0.1, 0.15) is 17.0 Å². The summed E-state index contributed by atoms with van der Waals surface area (Å²) >= 11 is 7.11. The Bertz CT molecular complexity index is 1150.